The Bertz CT molecular complexity index is 677. The largest absolute Gasteiger partial charge is 0.198 e. The lowest BCUT2D eigenvalue weighted by atomic mass is 10.1. The number of unbranched alkanes of at least 4 members (excludes halogenated alkanes) is 7. The molecule has 0 aliphatic carbocycles. The summed E-state index contributed by atoms with van der Waals surface area (Å²) in [7, 11) is 0. The number of allylic oxidation sites excluding steroid dienone is 4. The maximum absolute atomic E-state index is 9.04. The third-order valence-electron chi connectivity index (χ3n) is 4.61. The minimum absolute atomic E-state index is 0.577. The molecule has 0 N–H and O–H groups in total. The van der Waals surface area contributed by atoms with Crippen LogP contribution in [0.3, 0.4) is 0 Å². The summed E-state index contributed by atoms with van der Waals surface area (Å²) in [4.78, 5) is 1.31. The van der Waals surface area contributed by atoms with Gasteiger partial charge in [-0.2, -0.15) is 10.5 Å². The number of benzene rings is 1. The van der Waals surface area contributed by atoms with Crippen LogP contribution in [0.4, 0.5) is 0 Å². The first-order valence-electron chi connectivity index (χ1n) is 10.6. The first-order chi connectivity index (χ1) is 13.8. The van der Waals surface area contributed by atoms with Gasteiger partial charge >= 0.3 is 0 Å². The molecular weight excluding hydrogens is 360 g/mol. The molecule has 0 atom stereocenters. The van der Waals surface area contributed by atoms with Crippen LogP contribution in [0.1, 0.15) is 82.3 Å². The van der Waals surface area contributed by atoms with E-state index in [1.54, 1.807) is 11.8 Å². The maximum Gasteiger partial charge on any atom is 0.0991 e. The van der Waals surface area contributed by atoms with Gasteiger partial charge in [0.1, 0.15) is 0 Å². The normalized spacial score (nSPS) is 11.5. The van der Waals surface area contributed by atoms with Crippen molar-refractivity contribution in [3.8, 4) is 12.1 Å². The Morgan fingerprint density at radius 1 is 1.07 bits per heavy atom. The Morgan fingerprint density at radius 3 is 2.61 bits per heavy atom. The Kier molecular flexibility index (Phi) is 14.7. The van der Waals surface area contributed by atoms with Crippen molar-refractivity contribution in [1.29, 1.82) is 10.5 Å². The van der Waals surface area contributed by atoms with Gasteiger partial charge in [-0.25, -0.2) is 0 Å². The van der Waals surface area contributed by atoms with E-state index >= 15 is 0 Å². The second kappa shape index (κ2) is 17.2. The molecule has 28 heavy (non-hydrogen) atoms. The lowest BCUT2D eigenvalue weighted by Crippen LogP contribution is -1.89. The molecule has 1 aromatic carbocycles. The second-order valence-electron chi connectivity index (χ2n) is 7.04. The molecule has 1 aromatic rings. The van der Waals surface area contributed by atoms with Crippen LogP contribution in [0, 0.1) is 22.7 Å². The summed E-state index contributed by atoms with van der Waals surface area (Å²) in [5.41, 5.74) is 1.91. The van der Waals surface area contributed by atoms with Crippen molar-refractivity contribution >= 4 is 11.8 Å². The summed E-state index contributed by atoms with van der Waals surface area (Å²) in [6.45, 7) is 2.26. The quantitative estimate of drug-likeness (QED) is 0.226. The molecule has 2 nitrogen and oxygen atoms in total. The number of hydrogen-bond acceptors (Lipinski definition) is 3. The van der Waals surface area contributed by atoms with E-state index in [0.29, 0.717) is 6.42 Å². The zero-order valence-corrected chi connectivity index (χ0v) is 18.1. The smallest absolute Gasteiger partial charge is 0.0991 e. The van der Waals surface area contributed by atoms with E-state index in [1.807, 2.05) is 18.2 Å². The van der Waals surface area contributed by atoms with E-state index in [1.165, 1.54) is 55.4 Å². The van der Waals surface area contributed by atoms with Crippen molar-refractivity contribution in [2.75, 3.05) is 5.75 Å². The van der Waals surface area contributed by atoms with Crippen LogP contribution in [0.25, 0.3) is 0 Å². The highest BCUT2D eigenvalue weighted by Gasteiger charge is 2.01. The molecule has 150 valence electrons. The molecule has 1 rings (SSSR count). The topological polar surface area (TPSA) is 47.6 Å². The van der Waals surface area contributed by atoms with Crippen molar-refractivity contribution in [3.05, 3.63) is 58.5 Å². The fourth-order valence-electron chi connectivity index (χ4n) is 2.99. The van der Waals surface area contributed by atoms with Crippen molar-refractivity contribution in [2.24, 2.45) is 0 Å². The Balaban J connectivity index is 2.40. The van der Waals surface area contributed by atoms with Gasteiger partial charge in [-0.05, 0) is 48.3 Å². The summed E-state index contributed by atoms with van der Waals surface area (Å²) in [5.74, 6) is 0.839. The van der Waals surface area contributed by atoms with Gasteiger partial charge in [0.05, 0.1) is 17.7 Å². The zero-order chi connectivity index (χ0) is 20.3. The lowest BCUT2D eigenvalue weighted by Gasteiger charge is -2.06. The van der Waals surface area contributed by atoms with E-state index < -0.39 is 0 Å². The van der Waals surface area contributed by atoms with Gasteiger partial charge in [0, 0.05) is 12.2 Å². The maximum atomic E-state index is 9.04. The van der Waals surface area contributed by atoms with Gasteiger partial charge in [-0.3, -0.25) is 0 Å². The number of rotatable bonds is 15. The van der Waals surface area contributed by atoms with E-state index in [2.05, 4.69) is 43.4 Å². The highest BCUT2D eigenvalue weighted by Crippen LogP contribution is 2.23. The van der Waals surface area contributed by atoms with E-state index in [4.69, 9.17) is 10.5 Å². The number of hydrogen-bond donors (Lipinski definition) is 0. The molecule has 0 fully saturated rings. The number of aryl methyl sites for hydroxylation is 1. The minimum atomic E-state index is 0.577. The van der Waals surface area contributed by atoms with Crippen molar-refractivity contribution in [1.82, 2.24) is 0 Å². The number of nitrogens with zero attached hydrogens (tertiary/aromatic N) is 2. The molecule has 0 unspecified atom stereocenters. The Morgan fingerprint density at radius 2 is 1.86 bits per heavy atom. The lowest BCUT2D eigenvalue weighted by molar-refractivity contribution is 0.592. The van der Waals surface area contributed by atoms with Crippen LogP contribution in [0.5, 0.6) is 0 Å². The van der Waals surface area contributed by atoms with Crippen LogP contribution in [-0.4, -0.2) is 5.75 Å². The van der Waals surface area contributed by atoms with Gasteiger partial charge in [0.15, 0.2) is 0 Å². The molecule has 0 aromatic heterocycles. The number of thioether (sulfide) groups is 1. The molecule has 0 aliphatic heterocycles. The number of nitriles is 2. The van der Waals surface area contributed by atoms with Gasteiger partial charge in [-0.15, -0.1) is 11.8 Å². The summed E-state index contributed by atoms with van der Waals surface area (Å²) < 4.78 is 0. The Labute approximate surface area is 176 Å². The summed E-state index contributed by atoms with van der Waals surface area (Å²) >= 11 is 1.78. The predicted molar refractivity (Wildman–Crippen MR) is 122 cm³/mol. The van der Waals surface area contributed by atoms with E-state index in [0.717, 1.165) is 30.6 Å². The molecule has 0 amide bonds. The van der Waals surface area contributed by atoms with Crippen LogP contribution in [0.15, 0.2) is 47.4 Å². The summed E-state index contributed by atoms with van der Waals surface area (Å²) in [6, 6.07) is 12.3. The molecule has 0 bridgehead atoms. The Hall–Kier alpha value is -1.97. The van der Waals surface area contributed by atoms with Gasteiger partial charge in [0.2, 0.25) is 0 Å². The molecule has 3 heteroatoms. The molecule has 0 radical (unpaired) electrons. The standard InChI is InChI=1S/C25H34N2S/c1-2-3-4-5-6-7-8-9-10-11-16-25(28-20-13-19-26)18-17-23-14-12-15-24(21-23)22-27/h10-12,14-16,21H,2-9,13,17-18,20H2,1H3. The van der Waals surface area contributed by atoms with Crippen LogP contribution in [-0.2, 0) is 6.42 Å². The third-order valence-corrected chi connectivity index (χ3v) is 5.73. The highest BCUT2D eigenvalue weighted by molar-refractivity contribution is 8.03. The monoisotopic (exact) mass is 394 g/mol. The van der Waals surface area contributed by atoms with Crippen molar-refractivity contribution in [3.63, 3.8) is 0 Å². The van der Waals surface area contributed by atoms with Gasteiger partial charge in [-0.1, -0.05) is 75.8 Å². The molecule has 0 aliphatic rings. The molecular formula is C25H34N2S. The van der Waals surface area contributed by atoms with Crippen molar-refractivity contribution in [2.45, 2.75) is 77.6 Å². The first kappa shape index (κ1) is 24.1. The third kappa shape index (κ3) is 12.4. The fraction of sp³-hybridized carbons (Fsp3) is 0.520. The van der Waals surface area contributed by atoms with Crippen molar-refractivity contribution < 1.29 is 0 Å². The van der Waals surface area contributed by atoms with E-state index in [-0.39, 0.29) is 0 Å². The van der Waals surface area contributed by atoms with Gasteiger partial charge in [0.25, 0.3) is 0 Å². The van der Waals surface area contributed by atoms with Crippen LogP contribution >= 0.6 is 11.8 Å². The average Bonchev–Trinajstić information content (AvgIpc) is 2.73. The highest BCUT2D eigenvalue weighted by atomic mass is 32.2. The van der Waals surface area contributed by atoms with Gasteiger partial charge < -0.3 is 0 Å². The molecule has 0 saturated carbocycles. The fourth-order valence-corrected chi connectivity index (χ4v) is 3.86. The summed E-state index contributed by atoms with van der Waals surface area (Å²) in [6.07, 6.45) is 19.7. The molecule has 0 spiro atoms. The molecule has 0 saturated heterocycles. The SMILES string of the molecule is CCCCCCCCCC=CC=C(CCc1cccc(C#N)c1)SCCC#N. The second-order valence-corrected chi connectivity index (χ2v) is 8.26. The van der Waals surface area contributed by atoms with E-state index in [9.17, 15) is 0 Å². The average molecular weight is 395 g/mol. The molecule has 0 heterocycles. The first-order valence-corrected chi connectivity index (χ1v) is 11.6. The zero-order valence-electron chi connectivity index (χ0n) is 17.3. The minimum Gasteiger partial charge on any atom is -0.198 e. The van der Waals surface area contributed by atoms with Crippen LogP contribution in [0.2, 0.25) is 0 Å². The summed E-state index contributed by atoms with van der Waals surface area (Å²) in [5, 5.41) is 17.8. The van der Waals surface area contributed by atoms with Crippen LogP contribution < -0.4 is 0 Å². The predicted octanol–water partition coefficient (Wildman–Crippen LogP) is 7.72.